The molecule has 0 fully saturated rings. The first-order valence-electron chi connectivity index (χ1n) is 6.14. The molecule has 0 aliphatic carbocycles. The molecule has 1 atom stereocenters. The third kappa shape index (κ3) is 3.82. The number of nitrogens with one attached hydrogen (secondary N) is 2. The molecule has 2 aromatic rings. The maximum Gasteiger partial charge on any atom is 0.323 e. The van der Waals surface area contributed by atoms with Crippen molar-refractivity contribution in [2.45, 2.75) is 13.0 Å². The number of carbonyl (C=O) groups excluding carboxylic acids is 1. The van der Waals surface area contributed by atoms with Crippen molar-refractivity contribution in [3.05, 3.63) is 60.2 Å². The summed E-state index contributed by atoms with van der Waals surface area (Å²) in [6, 6.07) is 16.5. The highest BCUT2D eigenvalue weighted by Gasteiger charge is 2.03. The van der Waals surface area contributed by atoms with Crippen LogP contribution in [0, 0.1) is 0 Å². The number of benzene rings is 2. The summed E-state index contributed by atoms with van der Waals surface area (Å²) >= 11 is 0. The molecule has 4 heteroatoms. The van der Waals surface area contributed by atoms with Crippen molar-refractivity contribution in [3.63, 3.8) is 0 Å². The number of urea groups is 1. The van der Waals surface area contributed by atoms with E-state index in [0.29, 0.717) is 0 Å². The van der Waals surface area contributed by atoms with Gasteiger partial charge < -0.3 is 16.4 Å². The highest BCUT2D eigenvalue weighted by molar-refractivity contribution is 5.99. The molecule has 0 aliphatic heterocycles. The molecule has 0 saturated heterocycles. The maximum atomic E-state index is 11.8. The van der Waals surface area contributed by atoms with E-state index >= 15 is 0 Å². The van der Waals surface area contributed by atoms with Crippen LogP contribution in [0.3, 0.4) is 0 Å². The van der Waals surface area contributed by atoms with Crippen molar-refractivity contribution >= 4 is 17.4 Å². The molecular formula is C15H17N3O. The van der Waals surface area contributed by atoms with Crippen LogP contribution in [0.5, 0.6) is 0 Å². The Morgan fingerprint density at radius 3 is 2.00 bits per heavy atom. The molecule has 2 amide bonds. The van der Waals surface area contributed by atoms with Gasteiger partial charge in [-0.2, -0.15) is 0 Å². The monoisotopic (exact) mass is 255 g/mol. The van der Waals surface area contributed by atoms with Crippen LogP contribution in [0.4, 0.5) is 16.2 Å². The second-order valence-electron chi connectivity index (χ2n) is 4.36. The van der Waals surface area contributed by atoms with Gasteiger partial charge in [0.05, 0.1) is 0 Å². The van der Waals surface area contributed by atoms with Gasteiger partial charge in [-0.05, 0) is 36.8 Å². The Bertz CT molecular complexity index is 535. The summed E-state index contributed by atoms with van der Waals surface area (Å²) in [6.07, 6.45) is 0. The number of hydrogen-bond acceptors (Lipinski definition) is 2. The number of anilines is 2. The van der Waals surface area contributed by atoms with E-state index in [2.05, 4.69) is 10.6 Å². The number of nitrogens with two attached hydrogens (primary N) is 1. The van der Waals surface area contributed by atoms with E-state index in [1.807, 2.05) is 61.5 Å². The van der Waals surface area contributed by atoms with Crippen LogP contribution in [0.25, 0.3) is 0 Å². The Morgan fingerprint density at radius 2 is 1.47 bits per heavy atom. The topological polar surface area (TPSA) is 67.1 Å². The normalized spacial score (nSPS) is 11.7. The van der Waals surface area contributed by atoms with Gasteiger partial charge in [0.15, 0.2) is 0 Å². The molecule has 1 unspecified atom stereocenters. The second-order valence-corrected chi connectivity index (χ2v) is 4.36. The van der Waals surface area contributed by atoms with E-state index in [1.54, 1.807) is 0 Å². The Hall–Kier alpha value is -2.33. The quantitative estimate of drug-likeness (QED) is 0.787. The fraction of sp³-hybridized carbons (Fsp3) is 0.133. The number of carbonyl (C=O) groups is 1. The molecule has 19 heavy (non-hydrogen) atoms. The number of hydrogen-bond donors (Lipinski definition) is 3. The van der Waals surface area contributed by atoms with Crippen LogP contribution < -0.4 is 16.4 Å². The number of rotatable bonds is 3. The smallest absolute Gasteiger partial charge is 0.323 e. The largest absolute Gasteiger partial charge is 0.324 e. The van der Waals surface area contributed by atoms with Gasteiger partial charge in [-0.1, -0.05) is 30.3 Å². The van der Waals surface area contributed by atoms with Crippen LogP contribution in [0.2, 0.25) is 0 Å². The highest BCUT2D eigenvalue weighted by atomic mass is 16.2. The third-order valence-electron chi connectivity index (χ3n) is 2.73. The SMILES string of the molecule is CC(N)c1ccc(NC(=O)Nc2ccccc2)cc1. The standard InChI is InChI=1S/C15H17N3O/c1-11(16)12-7-9-14(10-8-12)18-15(19)17-13-5-3-2-4-6-13/h2-11H,16H2,1H3,(H2,17,18,19). The van der Waals surface area contributed by atoms with Crippen molar-refractivity contribution in [1.82, 2.24) is 0 Å². The fourth-order valence-electron chi connectivity index (χ4n) is 1.68. The summed E-state index contributed by atoms with van der Waals surface area (Å²) in [5.41, 5.74) is 8.29. The first-order valence-corrected chi connectivity index (χ1v) is 6.14. The number of para-hydroxylation sites is 1. The Kier molecular flexibility index (Phi) is 4.15. The summed E-state index contributed by atoms with van der Waals surface area (Å²) in [5.74, 6) is 0. The molecule has 2 rings (SSSR count). The molecule has 0 saturated carbocycles. The maximum absolute atomic E-state index is 11.8. The van der Waals surface area contributed by atoms with Crippen molar-refractivity contribution in [1.29, 1.82) is 0 Å². The Labute approximate surface area is 112 Å². The molecule has 98 valence electrons. The molecule has 0 aliphatic rings. The first kappa shape index (κ1) is 13.1. The molecule has 4 N–H and O–H groups in total. The Balaban J connectivity index is 1.95. The van der Waals surface area contributed by atoms with Gasteiger partial charge in [-0.25, -0.2) is 4.79 Å². The van der Waals surface area contributed by atoms with Gasteiger partial charge in [0.25, 0.3) is 0 Å². The van der Waals surface area contributed by atoms with E-state index in [9.17, 15) is 4.79 Å². The van der Waals surface area contributed by atoms with Gasteiger partial charge >= 0.3 is 6.03 Å². The predicted octanol–water partition coefficient (Wildman–Crippen LogP) is 3.35. The van der Waals surface area contributed by atoms with E-state index in [0.717, 1.165) is 16.9 Å². The molecule has 4 nitrogen and oxygen atoms in total. The minimum absolute atomic E-state index is 0.00723. The lowest BCUT2D eigenvalue weighted by Gasteiger charge is -2.09. The van der Waals surface area contributed by atoms with E-state index in [-0.39, 0.29) is 12.1 Å². The third-order valence-corrected chi connectivity index (χ3v) is 2.73. The summed E-state index contributed by atoms with van der Waals surface area (Å²) in [6.45, 7) is 1.92. The lowest BCUT2D eigenvalue weighted by molar-refractivity contribution is 0.262. The Morgan fingerprint density at radius 1 is 0.947 bits per heavy atom. The molecule has 2 aromatic carbocycles. The van der Waals surface area contributed by atoms with Crippen molar-refractivity contribution in [2.75, 3.05) is 10.6 Å². The van der Waals surface area contributed by atoms with Crippen LogP contribution in [0.1, 0.15) is 18.5 Å². The molecule has 0 heterocycles. The summed E-state index contributed by atoms with van der Waals surface area (Å²) in [4.78, 5) is 11.8. The molecule has 0 radical (unpaired) electrons. The van der Waals surface area contributed by atoms with E-state index in [4.69, 9.17) is 5.73 Å². The molecule has 0 bridgehead atoms. The summed E-state index contributed by atoms with van der Waals surface area (Å²) < 4.78 is 0. The van der Waals surface area contributed by atoms with E-state index in [1.165, 1.54) is 0 Å². The molecular weight excluding hydrogens is 238 g/mol. The predicted molar refractivity (Wildman–Crippen MR) is 78.1 cm³/mol. The summed E-state index contributed by atoms with van der Waals surface area (Å²) in [5, 5.41) is 5.52. The van der Waals surface area contributed by atoms with Crippen LogP contribution in [-0.4, -0.2) is 6.03 Å². The van der Waals surface area contributed by atoms with Crippen LogP contribution in [0.15, 0.2) is 54.6 Å². The summed E-state index contributed by atoms with van der Waals surface area (Å²) in [7, 11) is 0. The van der Waals surface area contributed by atoms with Gasteiger partial charge in [0, 0.05) is 17.4 Å². The average molecular weight is 255 g/mol. The fourth-order valence-corrected chi connectivity index (χ4v) is 1.68. The van der Waals surface area contributed by atoms with Crippen molar-refractivity contribution in [3.8, 4) is 0 Å². The molecule has 0 aromatic heterocycles. The minimum atomic E-state index is -0.264. The van der Waals surface area contributed by atoms with Crippen LogP contribution in [-0.2, 0) is 0 Å². The van der Waals surface area contributed by atoms with Crippen molar-refractivity contribution < 1.29 is 4.79 Å². The van der Waals surface area contributed by atoms with Gasteiger partial charge in [0.2, 0.25) is 0 Å². The zero-order chi connectivity index (χ0) is 13.7. The van der Waals surface area contributed by atoms with Crippen LogP contribution >= 0.6 is 0 Å². The van der Waals surface area contributed by atoms with Gasteiger partial charge in [0.1, 0.15) is 0 Å². The van der Waals surface area contributed by atoms with Crippen molar-refractivity contribution in [2.24, 2.45) is 5.73 Å². The zero-order valence-electron chi connectivity index (χ0n) is 10.8. The highest BCUT2D eigenvalue weighted by Crippen LogP contribution is 2.14. The zero-order valence-corrected chi connectivity index (χ0v) is 10.8. The second kappa shape index (κ2) is 6.02. The lowest BCUT2D eigenvalue weighted by atomic mass is 10.1. The van der Waals surface area contributed by atoms with Gasteiger partial charge in [-0.15, -0.1) is 0 Å². The van der Waals surface area contributed by atoms with E-state index < -0.39 is 0 Å². The minimum Gasteiger partial charge on any atom is -0.324 e. The first-order chi connectivity index (χ1) is 9.15. The lowest BCUT2D eigenvalue weighted by Crippen LogP contribution is -2.19. The average Bonchev–Trinajstić information content (AvgIpc) is 2.40. The van der Waals surface area contributed by atoms with Gasteiger partial charge in [-0.3, -0.25) is 0 Å². The number of amides is 2. The molecule has 0 spiro atoms.